The highest BCUT2D eigenvalue weighted by atomic mass is 32.2. The van der Waals surface area contributed by atoms with Gasteiger partial charge in [0, 0.05) is 18.0 Å². The Kier molecular flexibility index (Phi) is 5.23. The number of alkyl halides is 3. The number of nitrogens with zero attached hydrogens (tertiary/aromatic N) is 1. The van der Waals surface area contributed by atoms with E-state index in [1.807, 2.05) is 0 Å². The number of hydrogen-bond acceptors (Lipinski definition) is 4. The molecule has 10 heteroatoms. The molecule has 5 nitrogen and oxygen atoms in total. The maximum atomic E-state index is 13.2. The molecule has 0 fully saturated rings. The Morgan fingerprint density at radius 3 is 2.25 bits per heavy atom. The van der Waals surface area contributed by atoms with Crippen LogP contribution in [0.1, 0.15) is 5.56 Å². The molecular weight excluding hydrogens is 400 g/mol. The first-order chi connectivity index (χ1) is 13.1. The summed E-state index contributed by atoms with van der Waals surface area (Å²) in [6, 6.07) is 12.0. The molecular formula is C18H12F4N2O3S. The summed E-state index contributed by atoms with van der Waals surface area (Å²) in [7, 11) is -3.98. The molecule has 28 heavy (non-hydrogen) atoms. The third-order valence-corrected chi connectivity index (χ3v) is 4.88. The highest BCUT2D eigenvalue weighted by molar-refractivity contribution is 7.92. The number of hydrogen-bond donors (Lipinski definition) is 1. The second-order valence-electron chi connectivity index (χ2n) is 5.57. The van der Waals surface area contributed by atoms with Gasteiger partial charge in [0.05, 0.1) is 10.5 Å². The van der Waals surface area contributed by atoms with Crippen molar-refractivity contribution in [2.75, 3.05) is 4.72 Å². The molecule has 0 saturated heterocycles. The predicted octanol–water partition coefficient (Wildman–Crippen LogP) is 4.83. The molecule has 2 aromatic carbocycles. The molecule has 3 aromatic rings. The fourth-order valence-corrected chi connectivity index (χ4v) is 3.26. The van der Waals surface area contributed by atoms with Crippen LogP contribution in [0.2, 0.25) is 0 Å². The van der Waals surface area contributed by atoms with Gasteiger partial charge >= 0.3 is 6.18 Å². The summed E-state index contributed by atoms with van der Waals surface area (Å²) in [5.74, 6) is -0.502. The minimum atomic E-state index is -4.49. The van der Waals surface area contributed by atoms with E-state index < -0.39 is 27.6 Å². The van der Waals surface area contributed by atoms with Gasteiger partial charge in [-0.2, -0.15) is 13.2 Å². The molecule has 1 aromatic heterocycles. The van der Waals surface area contributed by atoms with E-state index in [1.54, 1.807) is 0 Å². The Balaban J connectivity index is 1.70. The number of aromatic nitrogens is 1. The third-order valence-electron chi connectivity index (χ3n) is 3.50. The predicted molar refractivity (Wildman–Crippen MR) is 93.0 cm³/mol. The van der Waals surface area contributed by atoms with Crippen molar-refractivity contribution < 1.29 is 30.7 Å². The van der Waals surface area contributed by atoms with Crippen molar-refractivity contribution >= 4 is 15.7 Å². The second kappa shape index (κ2) is 7.47. The Bertz CT molecular complexity index is 1070. The van der Waals surface area contributed by atoms with E-state index in [-0.39, 0.29) is 22.2 Å². The molecule has 3 rings (SSSR count). The first-order valence-corrected chi connectivity index (χ1v) is 9.21. The zero-order valence-corrected chi connectivity index (χ0v) is 14.8. The Labute approximate surface area is 157 Å². The van der Waals surface area contributed by atoms with E-state index in [1.165, 1.54) is 36.4 Å². The third kappa shape index (κ3) is 4.77. The molecule has 0 spiro atoms. The molecule has 0 bridgehead atoms. The van der Waals surface area contributed by atoms with Gasteiger partial charge in [-0.3, -0.25) is 4.72 Å². The van der Waals surface area contributed by atoms with E-state index in [0.717, 1.165) is 24.3 Å². The summed E-state index contributed by atoms with van der Waals surface area (Å²) in [5, 5.41) is 0. The van der Waals surface area contributed by atoms with Gasteiger partial charge in [0.1, 0.15) is 11.6 Å². The van der Waals surface area contributed by atoms with Crippen LogP contribution in [0.5, 0.6) is 11.6 Å². The first kappa shape index (κ1) is 19.6. The SMILES string of the molecule is O=S(=O)(Nc1ccc(Oc2ccc(C(F)(F)F)cn2)cc1)c1cccc(F)c1. The van der Waals surface area contributed by atoms with E-state index in [4.69, 9.17) is 4.74 Å². The van der Waals surface area contributed by atoms with Crippen LogP contribution in [0.4, 0.5) is 23.2 Å². The maximum absolute atomic E-state index is 13.2. The number of ether oxygens (including phenoxy) is 1. The van der Waals surface area contributed by atoms with E-state index in [0.29, 0.717) is 6.20 Å². The fourth-order valence-electron chi connectivity index (χ4n) is 2.17. The minimum absolute atomic E-state index is 0.0545. The number of rotatable bonds is 5. The van der Waals surface area contributed by atoms with Crippen molar-refractivity contribution in [3.63, 3.8) is 0 Å². The molecule has 0 atom stereocenters. The van der Waals surface area contributed by atoms with Gasteiger partial charge in [-0.15, -0.1) is 0 Å². The number of anilines is 1. The van der Waals surface area contributed by atoms with Crippen LogP contribution in [-0.4, -0.2) is 13.4 Å². The van der Waals surface area contributed by atoms with Gasteiger partial charge in [-0.05, 0) is 48.5 Å². The van der Waals surface area contributed by atoms with Crippen LogP contribution < -0.4 is 9.46 Å². The minimum Gasteiger partial charge on any atom is -0.439 e. The van der Waals surface area contributed by atoms with Gasteiger partial charge in [0.15, 0.2) is 0 Å². The molecule has 0 saturated carbocycles. The number of halogens is 4. The lowest BCUT2D eigenvalue weighted by Crippen LogP contribution is -2.13. The summed E-state index contributed by atoms with van der Waals surface area (Å²) in [5.41, 5.74) is -0.709. The standard InChI is InChI=1S/C18H12F4N2O3S/c19-13-2-1-3-16(10-13)28(25,26)24-14-5-7-15(8-6-14)27-17-9-4-12(11-23-17)18(20,21)22/h1-11,24H. The van der Waals surface area contributed by atoms with Crippen molar-refractivity contribution in [1.29, 1.82) is 0 Å². The van der Waals surface area contributed by atoms with Crippen LogP contribution in [0.3, 0.4) is 0 Å². The number of nitrogens with one attached hydrogen (secondary N) is 1. The summed E-state index contributed by atoms with van der Waals surface area (Å²) in [6.07, 6.45) is -3.84. The van der Waals surface area contributed by atoms with Crippen LogP contribution >= 0.6 is 0 Å². The highest BCUT2D eigenvalue weighted by Crippen LogP contribution is 2.30. The van der Waals surface area contributed by atoms with Crippen molar-refractivity contribution in [2.24, 2.45) is 0 Å². The smallest absolute Gasteiger partial charge is 0.417 e. The molecule has 1 heterocycles. The monoisotopic (exact) mass is 412 g/mol. The molecule has 0 radical (unpaired) electrons. The maximum Gasteiger partial charge on any atom is 0.417 e. The summed E-state index contributed by atoms with van der Waals surface area (Å²) >= 11 is 0. The summed E-state index contributed by atoms with van der Waals surface area (Å²) in [4.78, 5) is 3.35. The van der Waals surface area contributed by atoms with E-state index in [9.17, 15) is 26.0 Å². The zero-order valence-electron chi connectivity index (χ0n) is 13.9. The van der Waals surface area contributed by atoms with Gasteiger partial charge in [-0.25, -0.2) is 17.8 Å². The van der Waals surface area contributed by atoms with Crippen molar-refractivity contribution in [3.8, 4) is 11.6 Å². The molecule has 0 aliphatic rings. The van der Waals surface area contributed by atoms with Crippen LogP contribution in [0.15, 0.2) is 71.8 Å². The quantitative estimate of drug-likeness (QED) is 0.610. The zero-order chi connectivity index (χ0) is 20.4. The van der Waals surface area contributed by atoms with Gasteiger partial charge < -0.3 is 4.74 Å². The normalized spacial score (nSPS) is 11.9. The van der Waals surface area contributed by atoms with Gasteiger partial charge in [-0.1, -0.05) is 6.07 Å². The van der Waals surface area contributed by atoms with Crippen molar-refractivity contribution in [3.05, 3.63) is 78.2 Å². The number of benzene rings is 2. The average molecular weight is 412 g/mol. The fraction of sp³-hybridized carbons (Fsp3) is 0.0556. The van der Waals surface area contributed by atoms with Crippen LogP contribution in [0.25, 0.3) is 0 Å². The summed E-state index contributed by atoms with van der Waals surface area (Å²) in [6.45, 7) is 0. The molecule has 146 valence electrons. The Morgan fingerprint density at radius 2 is 1.68 bits per heavy atom. The Hall–Kier alpha value is -3.14. The molecule has 0 unspecified atom stereocenters. The lowest BCUT2D eigenvalue weighted by Gasteiger charge is -2.10. The van der Waals surface area contributed by atoms with Gasteiger partial charge in [0.2, 0.25) is 5.88 Å². The van der Waals surface area contributed by atoms with Gasteiger partial charge in [0.25, 0.3) is 10.0 Å². The van der Waals surface area contributed by atoms with Crippen molar-refractivity contribution in [2.45, 2.75) is 11.1 Å². The van der Waals surface area contributed by atoms with E-state index in [2.05, 4.69) is 9.71 Å². The first-order valence-electron chi connectivity index (χ1n) is 7.73. The topological polar surface area (TPSA) is 68.3 Å². The lowest BCUT2D eigenvalue weighted by atomic mass is 10.3. The largest absolute Gasteiger partial charge is 0.439 e. The molecule has 0 aliphatic heterocycles. The van der Waals surface area contributed by atoms with Crippen LogP contribution in [-0.2, 0) is 16.2 Å². The average Bonchev–Trinajstić information content (AvgIpc) is 2.63. The molecule has 1 N–H and O–H groups in total. The molecule has 0 aliphatic carbocycles. The highest BCUT2D eigenvalue weighted by Gasteiger charge is 2.30. The van der Waals surface area contributed by atoms with Crippen LogP contribution in [0, 0.1) is 5.82 Å². The van der Waals surface area contributed by atoms with Crippen molar-refractivity contribution in [1.82, 2.24) is 4.98 Å². The Morgan fingerprint density at radius 1 is 0.964 bits per heavy atom. The molecule has 0 amide bonds. The number of pyridine rings is 1. The summed E-state index contributed by atoms with van der Waals surface area (Å²) < 4.78 is 82.8. The second-order valence-corrected chi connectivity index (χ2v) is 7.25. The van der Waals surface area contributed by atoms with E-state index >= 15 is 0 Å². The number of sulfonamides is 1. The lowest BCUT2D eigenvalue weighted by molar-refractivity contribution is -0.137.